The number of amides is 8. The molecule has 4 rings (SSSR count). The van der Waals surface area contributed by atoms with E-state index in [9.17, 15) is 24.6 Å². The first-order valence-corrected chi connectivity index (χ1v) is 37.1. The molecule has 0 saturated carbocycles. The van der Waals surface area contributed by atoms with E-state index in [1.165, 1.54) is 63.8 Å². The summed E-state index contributed by atoms with van der Waals surface area (Å²) in [5, 5.41) is 35.7. The molecule has 3 aromatic rings. The van der Waals surface area contributed by atoms with Gasteiger partial charge in [0, 0.05) is 82.8 Å². The number of Topliss-reactive ketones (excluding diaryl/α,β-unsaturated/α-hetero) is 3. The summed E-state index contributed by atoms with van der Waals surface area (Å²) >= 11 is 0. The van der Waals surface area contributed by atoms with Gasteiger partial charge in [-0.3, -0.25) is 62.4 Å². The van der Waals surface area contributed by atoms with Crippen LogP contribution in [0.25, 0.3) is 10.9 Å². The highest BCUT2D eigenvalue weighted by molar-refractivity contribution is 6.01. The van der Waals surface area contributed by atoms with E-state index < -0.39 is 204 Å². The summed E-state index contributed by atoms with van der Waals surface area (Å²) in [6, 6.07) is 0.677. The lowest BCUT2D eigenvalue weighted by Crippen LogP contribution is -2.64. The highest BCUT2D eigenvalue weighted by Gasteiger charge is 2.47. The minimum atomic E-state index is -1.87. The number of ether oxygens (including phenoxy) is 2. The summed E-state index contributed by atoms with van der Waals surface area (Å²) in [6.45, 7) is 30.2. The number of nitrogens with zero attached hydrogens (tertiary/aromatic N) is 5. The van der Waals surface area contributed by atoms with Crippen molar-refractivity contribution in [3.8, 4) is 5.75 Å². The molecule has 7 N–H and O–H groups in total. The maximum absolute atomic E-state index is 15.6. The summed E-state index contributed by atoms with van der Waals surface area (Å²) in [4.78, 5) is 191. The van der Waals surface area contributed by atoms with Gasteiger partial charge >= 0.3 is 5.97 Å². The number of fused-ring (bicyclic) bond motifs is 1. The van der Waals surface area contributed by atoms with Crippen molar-refractivity contribution in [1.82, 2.24) is 50.8 Å². The van der Waals surface area contributed by atoms with Crippen LogP contribution in [0.1, 0.15) is 168 Å². The number of rotatable bonds is 21. The van der Waals surface area contributed by atoms with Crippen molar-refractivity contribution in [3.63, 3.8) is 0 Å². The van der Waals surface area contributed by atoms with Gasteiger partial charge in [0.1, 0.15) is 60.3 Å². The number of cyclic esters (lactones) is 1. The number of hydrogen-bond donors (Lipinski definition) is 7. The molecule has 105 heavy (non-hydrogen) atoms. The highest BCUT2D eigenvalue weighted by Crippen LogP contribution is 2.33. The fourth-order valence-corrected chi connectivity index (χ4v) is 14.3. The molecule has 0 spiro atoms. The Morgan fingerprint density at radius 2 is 1.11 bits per heavy atom. The van der Waals surface area contributed by atoms with Crippen molar-refractivity contribution < 1.29 is 77.2 Å². The zero-order chi connectivity index (χ0) is 79.8. The molecule has 26 heteroatoms. The second kappa shape index (κ2) is 39.5. The quantitative estimate of drug-likeness (QED) is 0.0574. The third-order valence-electron chi connectivity index (χ3n) is 20.6. The van der Waals surface area contributed by atoms with Crippen molar-refractivity contribution in [2.45, 2.75) is 229 Å². The molecule has 1 saturated heterocycles. The molecule has 0 bridgehead atoms. The average molecular weight is 1470 g/mol. The third-order valence-corrected chi connectivity index (χ3v) is 20.6. The molecule has 26 nitrogen and oxygen atoms in total. The number of nitrogens with one attached hydrogen (secondary N) is 5. The standard InChI is InChI=1S/C79H124N10O16/c1-40(2)34-57-73(97)81-64(45(11)12)76(100)88(23)68(47(15)16)78(102)86(21)56(35-51-39-80-55-32-29-33-61(104-25)62(51)55)58(91)36-52(41(3)4)72(96)84-66(70(94)50-30-27-26-28-31-50)59(92)38-54(43(7)8)79(103)105-49(18)65(83-71(95)53(42(5)6)37-60(93)67(46(13)14)85(19)20)77(101)89(24)69(48(17)90)74(98)82-63(44(9)10)75(99)87(57)22/h26-33,39-49,52-54,56-57,63-70,80,90,94H,34-38H2,1-25H3,(H,81,97)(H,82,98)(H,83,95)(H,84,96). The number of aromatic nitrogens is 1. The smallest absolute Gasteiger partial charge is 0.309 e. The maximum atomic E-state index is 15.6. The van der Waals surface area contributed by atoms with Crippen molar-refractivity contribution in [2.24, 2.45) is 65.1 Å². The summed E-state index contributed by atoms with van der Waals surface area (Å²) in [5.41, 5.74) is 1.45. The van der Waals surface area contributed by atoms with E-state index >= 15 is 43.2 Å². The Morgan fingerprint density at radius 3 is 1.61 bits per heavy atom. The van der Waals surface area contributed by atoms with E-state index in [0.29, 0.717) is 22.2 Å². The number of aliphatic hydroxyl groups excluding tert-OH is 2. The molecule has 8 amide bonds. The van der Waals surface area contributed by atoms with Crippen LogP contribution < -0.4 is 26.0 Å². The third kappa shape index (κ3) is 22.7. The number of aromatic amines is 1. The number of H-pyrrole nitrogens is 1. The molecule has 15 unspecified atom stereocenters. The van der Waals surface area contributed by atoms with Crippen LogP contribution in [0.3, 0.4) is 0 Å². The van der Waals surface area contributed by atoms with Crippen LogP contribution in [-0.2, 0) is 68.7 Å². The highest BCUT2D eigenvalue weighted by atomic mass is 16.5. The number of benzene rings is 2. The van der Waals surface area contributed by atoms with Gasteiger partial charge in [-0.1, -0.05) is 147 Å². The minimum Gasteiger partial charge on any atom is -0.496 e. The molecular weight excluding hydrogens is 1340 g/mol. The number of methoxy groups -OCH3 is 1. The topological polar surface area (TPSA) is 344 Å². The van der Waals surface area contributed by atoms with E-state index in [-0.39, 0.29) is 42.4 Å². The SMILES string of the molecule is COc1cccc2[nH]cc(CC3C(=O)CC(C(C)C)C(=O)NC(C(O)c4ccccc4)C(=O)CC(C(C)C)C(=O)OC(C)C(NC(=O)C(CC(=O)C(C(C)C)N(C)C)C(C)C)C(=O)N(C)C(C(C)O)C(=O)NC(C(C)C)C(=O)N(C)C(CC(C)C)C(=O)NC(C(C)C)C(=O)N(C)C(C(C)C)C(=O)N3C)c12. The predicted molar refractivity (Wildman–Crippen MR) is 401 cm³/mol. The number of carbonyl (C=O) groups excluding carboxylic acids is 12. The van der Waals surface area contributed by atoms with E-state index in [1.807, 2.05) is 33.8 Å². The van der Waals surface area contributed by atoms with Gasteiger partial charge in [-0.2, -0.15) is 0 Å². The Kier molecular flexibility index (Phi) is 33.6. The molecule has 15 atom stereocenters. The van der Waals surface area contributed by atoms with Crippen molar-refractivity contribution in [2.75, 3.05) is 49.4 Å². The number of carbonyl (C=O) groups is 12. The molecule has 0 aliphatic carbocycles. The lowest BCUT2D eigenvalue weighted by atomic mass is 9.84. The molecule has 1 aliphatic heterocycles. The van der Waals surface area contributed by atoms with E-state index in [0.717, 1.165) is 4.90 Å². The fourth-order valence-electron chi connectivity index (χ4n) is 14.3. The molecule has 586 valence electrons. The molecule has 1 aliphatic rings. The summed E-state index contributed by atoms with van der Waals surface area (Å²) in [7, 11) is 10.4. The lowest BCUT2D eigenvalue weighted by Gasteiger charge is -2.39. The molecule has 0 radical (unpaired) electrons. The largest absolute Gasteiger partial charge is 0.496 e. The van der Waals surface area contributed by atoms with Gasteiger partial charge in [-0.05, 0) is 105 Å². The van der Waals surface area contributed by atoms with Crippen LogP contribution >= 0.6 is 0 Å². The first kappa shape index (κ1) is 89.3. The van der Waals surface area contributed by atoms with Gasteiger partial charge in [0.15, 0.2) is 17.3 Å². The molecule has 2 heterocycles. The fraction of sp³-hybridized carbons (Fsp3) is 0.671. The van der Waals surface area contributed by atoms with Crippen molar-refractivity contribution in [3.05, 3.63) is 65.9 Å². The number of aliphatic hydroxyl groups is 2. The number of esters is 1. The van der Waals surface area contributed by atoms with Crippen LogP contribution in [0, 0.1) is 65.1 Å². The number of hydrogen-bond acceptors (Lipinski definition) is 17. The van der Waals surface area contributed by atoms with E-state index in [4.69, 9.17) is 9.47 Å². The molecule has 2 aromatic carbocycles. The van der Waals surface area contributed by atoms with Crippen LogP contribution in [0.5, 0.6) is 5.75 Å². The van der Waals surface area contributed by atoms with Gasteiger partial charge in [-0.15, -0.1) is 0 Å². The van der Waals surface area contributed by atoms with Gasteiger partial charge in [0.05, 0.1) is 31.2 Å². The van der Waals surface area contributed by atoms with Crippen LogP contribution in [0.4, 0.5) is 0 Å². The Morgan fingerprint density at radius 1 is 0.590 bits per heavy atom. The monoisotopic (exact) mass is 1470 g/mol. The Hall–Kier alpha value is -8.10. The minimum absolute atomic E-state index is 0.0598. The van der Waals surface area contributed by atoms with E-state index in [2.05, 4.69) is 26.3 Å². The maximum Gasteiger partial charge on any atom is 0.309 e. The van der Waals surface area contributed by atoms with Crippen LogP contribution in [-0.4, -0.2) is 226 Å². The normalized spacial score (nSPS) is 25.0. The second-order valence-corrected chi connectivity index (χ2v) is 31.9. The van der Waals surface area contributed by atoms with Crippen LogP contribution in [0.15, 0.2) is 54.7 Å². The Balaban J connectivity index is 2.07. The number of ketones is 3. The number of likely N-dealkylation sites (N-methyl/N-ethyl adjacent to an activating group) is 5. The zero-order valence-electron chi connectivity index (χ0n) is 66.9. The summed E-state index contributed by atoms with van der Waals surface area (Å²) in [6.07, 6.45) is -4.90. The molecule has 1 aromatic heterocycles. The lowest BCUT2D eigenvalue weighted by molar-refractivity contribution is -0.162. The molecular formula is C79H124N10O16. The van der Waals surface area contributed by atoms with E-state index in [1.54, 1.807) is 151 Å². The van der Waals surface area contributed by atoms with Gasteiger partial charge in [0.25, 0.3) is 0 Å². The van der Waals surface area contributed by atoms with Gasteiger partial charge < -0.3 is 65.5 Å². The summed E-state index contributed by atoms with van der Waals surface area (Å²) in [5.74, 6) is -16.7. The second-order valence-electron chi connectivity index (χ2n) is 31.9. The average Bonchev–Trinajstić information content (AvgIpc) is 1.75. The van der Waals surface area contributed by atoms with Gasteiger partial charge in [-0.25, -0.2) is 0 Å². The predicted octanol–water partition coefficient (Wildman–Crippen LogP) is 6.32. The molecule has 1 fully saturated rings. The Bertz CT molecular complexity index is 3480. The van der Waals surface area contributed by atoms with Crippen molar-refractivity contribution >= 4 is 81.5 Å². The Labute approximate surface area is 622 Å². The first-order chi connectivity index (χ1) is 48.8. The van der Waals surface area contributed by atoms with Crippen LogP contribution in [0.2, 0.25) is 0 Å². The van der Waals surface area contributed by atoms with Gasteiger partial charge in [0.2, 0.25) is 47.3 Å². The summed E-state index contributed by atoms with van der Waals surface area (Å²) < 4.78 is 12.0. The van der Waals surface area contributed by atoms with Crippen molar-refractivity contribution in [1.29, 1.82) is 0 Å². The first-order valence-electron chi connectivity index (χ1n) is 37.1. The zero-order valence-corrected chi connectivity index (χ0v) is 66.9.